The SMILES string of the molecule is C=C(C)C(=O)OC(C)Oc1ccc(C(C)C)c(-c2ccc(OCC)cc2OC(C)OC(=O)C(=C)C)c1. The third-order valence-corrected chi connectivity index (χ3v) is 5.04. The van der Waals surface area contributed by atoms with Gasteiger partial charge >= 0.3 is 11.9 Å². The first-order valence-electron chi connectivity index (χ1n) is 11.9. The fourth-order valence-corrected chi connectivity index (χ4v) is 3.35. The second kappa shape index (κ2) is 12.8. The number of carbonyl (C=O) groups excluding carboxylic acids is 2. The first-order chi connectivity index (χ1) is 16.9. The summed E-state index contributed by atoms with van der Waals surface area (Å²) in [5.41, 5.74) is 3.24. The van der Waals surface area contributed by atoms with Crippen LogP contribution in [0.5, 0.6) is 17.2 Å². The molecule has 0 fully saturated rings. The van der Waals surface area contributed by atoms with Gasteiger partial charge < -0.3 is 23.7 Å². The predicted octanol–water partition coefficient (Wildman–Crippen LogP) is 6.56. The molecule has 194 valence electrons. The van der Waals surface area contributed by atoms with Crippen molar-refractivity contribution < 1.29 is 33.3 Å². The molecule has 0 bridgehead atoms. The lowest BCUT2D eigenvalue weighted by Gasteiger charge is -2.22. The Labute approximate surface area is 213 Å². The van der Waals surface area contributed by atoms with Gasteiger partial charge in [0.1, 0.15) is 17.2 Å². The van der Waals surface area contributed by atoms with Crippen LogP contribution in [0.4, 0.5) is 0 Å². The number of carbonyl (C=O) groups is 2. The zero-order valence-electron chi connectivity index (χ0n) is 22.2. The molecule has 2 aromatic carbocycles. The van der Waals surface area contributed by atoms with Gasteiger partial charge in [-0.25, -0.2) is 9.59 Å². The maximum atomic E-state index is 12.0. The molecule has 2 rings (SSSR count). The third-order valence-electron chi connectivity index (χ3n) is 5.04. The van der Waals surface area contributed by atoms with Crippen LogP contribution in [0, 0.1) is 0 Å². The van der Waals surface area contributed by atoms with Crippen molar-refractivity contribution in [1.29, 1.82) is 0 Å². The minimum atomic E-state index is -0.867. The van der Waals surface area contributed by atoms with Gasteiger partial charge in [0.2, 0.25) is 12.6 Å². The van der Waals surface area contributed by atoms with Gasteiger partial charge in [0.15, 0.2) is 0 Å². The monoisotopic (exact) mass is 496 g/mol. The molecule has 0 amide bonds. The van der Waals surface area contributed by atoms with Gasteiger partial charge in [-0.2, -0.15) is 0 Å². The highest BCUT2D eigenvalue weighted by Crippen LogP contribution is 2.40. The number of esters is 2. The lowest BCUT2D eigenvalue weighted by atomic mass is 9.91. The van der Waals surface area contributed by atoms with Crippen LogP contribution in [-0.4, -0.2) is 31.1 Å². The van der Waals surface area contributed by atoms with Crippen molar-refractivity contribution in [2.24, 2.45) is 0 Å². The van der Waals surface area contributed by atoms with Crippen LogP contribution < -0.4 is 14.2 Å². The van der Waals surface area contributed by atoms with Gasteiger partial charge in [0.25, 0.3) is 0 Å². The van der Waals surface area contributed by atoms with Gasteiger partial charge in [-0.05, 0) is 62.1 Å². The Hall–Kier alpha value is -3.74. The summed E-state index contributed by atoms with van der Waals surface area (Å²) in [6.45, 7) is 20.2. The first-order valence-corrected chi connectivity index (χ1v) is 11.9. The molecule has 0 spiro atoms. The summed E-state index contributed by atoms with van der Waals surface area (Å²) in [5.74, 6) is 0.727. The van der Waals surface area contributed by atoms with E-state index in [4.69, 9.17) is 23.7 Å². The summed E-state index contributed by atoms with van der Waals surface area (Å²) in [5, 5.41) is 0. The largest absolute Gasteiger partial charge is 0.494 e. The molecule has 2 unspecified atom stereocenters. The van der Waals surface area contributed by atoms with Crippen LogP contribution in [-0.2, 0) is 19.1 Å². The van der Waals surface area contributed by atoms with Crippen LogP contribution >= 0.6 is 0 Å². The van der Waals surface area contributed by atoms with E-state index in [1.54, 1.807) is 33.8 Å². The van der Waals surface area contributed by atoms with Crippen molar-refractivity contribution in [1.82, 2.24) is 0 Å². The van der Waals surface area contributed by atoms with Crippen LogP contribution in [0.15, 0.2) is 60.7 Å². The van der Waals surface area contributed by atoms with Crippen molar-refractivity contribution in [2.75, 3.05) is 6.61 Å². The molecule has 0 radical (unpaired) electrons. The number of benzene rings is 2. The molecular weight excluding hydrogens is 460 g/mol. The summed E-state index contributed by atoms with van der Waals surface area (Å²) in [4.78, 5) is 23.8. The van der Waals surface area contributed by atoms with E-state index in [0.717, 1.165) is 16.7 Å². The number of hydrogen-bond donors (Lipinski definition) is 0. The topological polar surface area (TPSA) is 80.3 Å². The Kier molecular flexibility index (Phi) is 10.1. The molecule has 36 heavy (non-hydrogen) atoms. The molecule has 0 heterocycles. The van der Waals surface area contributed by atoms with E-state index in [0.29, 0.717) is 29.4 Å². The normalized spacial score (nSPS) is 12.3. The van der Waals surface area contributed by atoms with E-state index in [1.807, 2.05) is 37.3 Å². The first kappa shape index (κ1) is 28.5. The zero-order valence-corrected chi connectivity index (χ0v) is 22.2. The highest BCUT2D eigenvalue weighted by Gasteiger charge is 2.20. The molecule has 0 saturated heterocycles. The number of hydrogen-bond acceptors (Lipinski definition) is 7. The lowest BCUT2D eigenvalue weighted by molar-refractivity contribution is -0.157. The fourth-order valence-electron chi connectivity index (χ4n) is 3.35. The molecule has 7 nitrogen and oxygen atoms in total. The standard InChI is InChI=1S/C29H36O7/c1-10-32-22-11-14-25(27(16-22)34-21(9)36-29(31)19(6)7)26-15-23(12-13-24(26)17(2)3)33-20(8)35-28(30)18(4)5/h11-17,20-21H,4,6,10H2,1-3,5,7-9H3. The Morgan fingerprint density at radius 2 is 1.33 bits per heavy atom. The quantitative estimate of drug-likeness (QED) is 0.187. The number of rotatable bonds is 12. The van der Waals surface area contributed by atoms with Gasteiger partial charge in [-0.15, -0.1) is 0 Å². The third kappa shape index (κ3) is 7.90. The summed E-state index contributed by atoms with van der Waals surface area (Å²) in [6.07, 6.45) is -1.68. The van der Waals surface area contributed by atoms with Gasteiger partial charge in [-0.3, -0.25) is 0 Å². The maximum Gasteiger partial charge on any atom is 0.336 e. The van der Waals surface area contributed by atoms with E-state index in [2.05, 4.69) is 27.0 Å². The molecule has 2 atom stereocenters. The number of ether oxygens (including phenoxy) is 5. The Balaban J connectivity index is 2.49. The van der Waals surface area contributed by atoms with E-state index in [-0.39, 0.29) is 11.5 Å². The maximum absolute atomic E-state index is 12.0. The summed E-state index contributed by atoms with van der Waals surface area (Å²) in [6, 6.07) is 11.2. The molecule has 2 aromatic rings. The highest BCUT2D eigenvalue weighted by molar-refractivity contribution is 5.87. The van der Waals surface area contributed by atoms with Crippen molar-refractivity contribution in [3.63, 3.8) is 0 Å². The minimum Gasteiger partial charge on any atom is -0.494 e. The molecule has 0 aliphatic rings. The predicted molar refractivity (Wildman–Crippen MR) is 139 cm³/mol. The van der Waals surface area contributed by atoms with E-state index >= 15 is 0 Å². The van der Waals surface area contributed by atoms with Gasteiger partial charge in [0, 0.05) is 36.6 Å². The molecule has 0 saturated carbocycles. The highest BCUT2D eigenvalue weighted by atomic mass is 16.7. The fraction of sp³-hybridized carbons (Fsp3) is 0.379. The molecular formula is C29H36O7. The average Bonchev–Trinajstić information content (AvgIpc) is 2.78. The zero-order chi connectivity index (χ0) is 27.0. The van der Waals surface area contributed by atoms with Crippen molar-refractivity contribution >= 4 is 11.9 Å². The molecule has 0 aromatic heterocycles. The van der Waals surface area contributed by atoms with Crippen LogP contribution in [0.3, 0.4) is 0 Å². The van der Waals surface area contributed by atoms with Crippen LogP contribution in [0.25, 0.3) is 11.1 Å². The Morgan fingerprint density at radius 1 is 0.778 bits per heavy atom. The van der Waals surface area contributed by atoms with Gasteiger partial charge in [-0.1, -0.05) is 33.1 Å². The summed E-state index contributed by atoms with van der Waals surface area (Å²) >= 11 is 0. The average molecular weight is 497 g/mol. The summed E-state index contributed by atoms with van der Waals surface area (Å²) < 4.78 is 28.2. The summed E-state index contributed by atoms with van der Waals surface area (Å²) in [7, 11) is 0. The second-order valence-corrected chi connectivity index (χ2v) is 8.74. The van der Waals surface area contributed by atoms with E-state index < -0.39 is 24.5 Å². The van der Waals surface area contributed by atoms with E-state index in [9.17, 15) is 9.59 Å². The minimum absolute atomic E-state index is 0.186. The second-order valence-electron chi connectivity index (χ2n) is 8.74. The molecule has 7 heteroatoms. The van der Waals surface area contributed by atoms with E-state index in [1.165, 1.54) is 0 Å². The lowest BCUT2D eigenvalue weighted by Crippen LogP contribution is -2.21. The van der Waals surface area contributed by atoms with Crippen molar-refractivity contribution in [2.45, 2.75) is 67.0 Å². The Bertz CT molecular complexity index is 1120. The van der Waals surface area contributed by atoms with Crippen LogP contribution in [0.1, 0.15) is 59.9 Å². The van der Waals surface area contributed by atoms with Crippen molar-refractivity contribution in [3.8, 4) is 28.4 Å². The smallest absolute Gasteiger partial charge is 0.336 e. The van der Waals surface area contributed by atoms with Gasteiger partial charge in [0.05, 0.1) is 6.61 Å². The molecule has 0 aliphatic carbocycles. The van der Waals surface area contributed by atoms with Crippen LogP contribution in [0.2, 0.25) is 0 Å². The molecule has 0 N–H and O–H groups in total. The van der Waals surface area contributed by atoms with Crippen molar-refractivity contribution in [3.05, 3.63) is 66.3 Å². The molecule has 0 aliphatic heterocycles. The Morgan fingerprint density at radius 3 is 1.86 bits per heavy atom.